The molecule has 1 aliphatic carbocycles. The van der Waals surface area contributed by atoms with Crippen LogP contribution in [0, 0.1) is 5.92 Å². The molecular weight excluding hydrogens is 270 g/mol. The second kappa shape index (κ2) is 8.17. The Hall–Kier alpha value is -1.36. The molecule has 0 saturated carbocycles. The number of hydrogen-bond acceptors (Lipinski definition) is 4. The summed E-state index contributed by atoms with van der Waals surface area (Å²) in [4.78, 5) is 25.8. The van der Waals surface area contributed by atoms with E-state index in [1.54, 1.807) is 4.90 Å². The average molecular weight is 295 g/mol. The van der Waals surface area contributed by atoms with E-state index >= 15 is 0 Å². The summed E-state index contributed by atoms with van der Waals surface area (Å²) < 4.78 is 10.3. The monoisotopic (exact) mass is 295 g/mol. The van der Waals surface area contributed by atoms with Gasteiger partial charge in [0.05, 0.1) is 19.6 Å². The lowest BCUT2D eigenvalue weighted by molar-refractivity contribution is -0.143. The number of nitrogens with zero attached hydrogens (tertiary/aromatic N) is 1. The molecular formula is C16H25NO4. The minimum atomic E-state index is -0.274. The van der Waals surface area contributed by atoms with Crippen LogP contribution in [0.25, 0.3) is 0 Å². The Morgan fingerprint density at radius 1 is 1.33 bits per heavy atom. The van der Waals surface area contributed by atoms with Crippen molar-refractivity contribution in [3.8, 4) is 0 Å². The molecule has 1 amide bonds. The Morgan fingerprint density at radius 2 is 2.19 bits per heavy atom. The van der Waals surface area contributed by atoms with Crippen LogP contribution in [0.4, 0.5) is 0 Å². The first-order valence-corrected chi connectivity index (χ1v) is 7.83. The lowest BCUT2D eigenvalue weighted by Gasteiger charge is -2.29. The van der Waals surface area contributed by atoms with E-state index in [2.05, 4.69) is 16.9 Å². The van der Waals surface area contributed by atoms with Gasteiger partial charge in [0, 0.05) is 25.6 Å². The van der Waals surface area contributed by atoms with E-state index in [1.807, 2.05) is 0 Å². The third-order valence-electron chi connectivity index (χ3n) is 4.19. The number of carbonyl (C=O) groups is 2. The zero-order chi connectivity index (χ0) is 15.1. The second-order valence-corrected chi connectivity index (χ2v) is 5.73. The SMILES string of the molecule is COC(=O)CCN(CC1CCCO1)C(=O)C1CC=CCC1. The van der Waals surface area contributed by atoms with Gasteiger partial charge in [0.25, 0.3) is 0 Å². The molecule has 0 aromatic heterocycles. The topological polar surface area (TPSA) is 55.8 Å². The molecule has 118 valence electrons. The van der Waals surface area contributed by atoms with Gasteiger partial charge in [-0.3, -0.25) is 9.59 Å². The highest BCUT2D eigenvalue weighted by Crippen LogP contribution is 2.22. The molecule has 0 bridgehead atoms. The standard InChI is InChI=1S/C16H25NO4/c1-20-15(18)9-10-17(12-14-8-5-11-21-14)16(19)13-6-3-2-4-7-13/h2-3,13-14H,4-12H2,1H3. The average Bonchev–Trinajstić information content (AvgIpc) is 3.04. The van der Waals surface area contributed by atoms with E-state index in [0.29, 0.717) is 13.1 Å². The van der Waals surface area contributed by atoms with Crippen molar-refractivity contribution in [3.05, 3.63) is 12.2 Å². The van der Waals surface area contributed by atoms with Gasteiger partial charge >= 0.3 is 5.97 Å². The van der Waals surface area contributed by atoms with Crippen LogP contribution in [0.2, 0.25) is 0 Å². The lowest BCUT2D eigenvalue weighted by atomic mass is 9.93. The zero-order valence-corrected chi connectivity index (χ0v) is 12.8. The molecule has 0 radical (unpaired) electrons. The van der Waals surface area contributed by atoms with Gasteiger partial charge in [-0.05, 0) is 32.1 Å². The summed E-state index contributed by atoms with van der Waals surface area (Å²) in [7, 11) is 1.38. The third kappa shape index (κ3) is 4.84. The van der Waals surface area contributed by atoms with Gasteiger partial charge in [-0.25, -0.2) is 0 Å². The molecule has 2 atom stereocenters. The Morgan fingerprint density at radius 3 is 2.81 bits per heavy atom. The summed E-state index contributed by atoms with van der Waals surface area (Å²) >= 11 is 0. The van der Waals surface area contributed by atoms with Crippen LogP contribution >= 0.6 is 0 Å². The molecule has 2 aliphatic rings. The van der Waals surface area contributed by atoms with Gasteiger partial charge in [0.15, 0.2) is 0 Å². The maximum Gasteiger partial charge on any atom is 0.307 e. The number of rotatable bonds is 6. The summed E-state index contributed by atoms with van der Waals surface area (Å²) in [5, 5.41) is 0. The number of amides is 1. The molecule has 21 heavy (non-hydrogen) atoms. The highest BCUT2D eigenvalue weighted by molar-refractivity contribution is 5.80. The maximum absolute atomic E-state index is 12.7. The predicted molar refractivity (Wildman–Crippen MR) is 78.7 cm³/mol. The van der Waals surface area contributed by atoms with Gasteiger partial charge in [-0.1, -0.05) is 12.2 Å². The van der Waals surface area contributed by atoms with Gasteiger partial charge in [0.2, 0.25) is 5.91 Å². The quantitative estimate of drug-likeness (QED) is 0.555. The molecule has 2 rings (SSSR count). The van der Waals surface area contributed by atoms with Gasteiger partial charge in [-0.2, -0.15) is 0 Å². The van der Waals surface area contributed by atoms with Crippen LogP contribution in [0.3, 0.4) is 0 Å². The largest absolute Gasteiger partial charge is 0.469 e. The third-order valence-corrected chi connectivity index (χ3v) is 4.19. The minimum absolute atomic E-state index is 0.0500. The van der Waals surface area contributed by atoms with Gasteiger partial charge in [-0.15, -0.1) is 0 Å². The normalized spacial score (nSPS) is 24.8. The number of ether oxygens (including phenoxy) is 2. The smallest absolute Gasteiger partial charge is 0.307 e. The Kier molecular flexibility index (Phi) is 6.23. The van der Waals surface area contributed by atoms with Crippen molar-refractivity contribution in [1.29, 1.82) is 0 Å². The summed E-state index contributed by atoms with van der Waals surface area (Å²) in [5.41, 5.74) is 0. The fourth-order valence-electron chi connectivity index (χ4n) is 2.93. The van der Waals surface area contributed by atoms with Crippen molar-refractivity contribution in [2.45, 2.75) is 44.6 Å². The van der Waals surface area contributed by atoms with E-state index in [9.17, 15) is 9.59 Å². The van der Waals surface area contributed by atoms with Gasteiger partial charge in [0.1, 0.15) is 0 Å². The fraction of sp³-hybridized carbons (Fsp3) is 0.750. The van der Waals surface area contributed by atoms with Crippen molar-refractivity contribution in [2.75, 3.05) is 26.8 Å². The van der Waals surface area contributed by atoms with E-state index in [1.165, 1.54) is 7.11 Å². The molecule has 0 aromatic rings. The first kappa shape index (κ1) is 16.0. The van der Waals surface area contributed by atoms with E-state index in [4.69, 9.17) is 4.74 Å². The molecule has 1 saturated heterocycles. The number of methoxy groups -OCH3 is 1. The summed E-state index contributed by atoms with van der Waals surface area (Å²) in [6, 6.07) is 0. The summed E-state index contributed by atoms with van der Waals surface area (Å²) in [5.74, 6) is -0.0727. The number of esters is 1. The number of carbonyl (C=O) groups excluding carboxylic acids is 2. The lowest BCUT2D eigenvalue weighted by Crippen LogP contribution is -2.42. The van der Waals surface area contributed by atoms with E-state index in [-0.39, 0.29) is 30.3 Å². The maximum atomic E-state index is 12.7. The molecule has 1 heterocycles. The summed E-state index contributed by atoms with van der Waals surface area (Å²) in [6.45, 7) is 1.79. The summed E-state index contributed by atoms with van der Waals surface area (Å²) in [6.07, 6.45) is 9.28. The predicted octanol–water partition coefficient (Wildman–Crippen LogP) is 1.91. The Bertz CT molecular complexity index is 388. The Balaban J connectivity index is 1.93. The fourth-order valence-corrected chi connectivity index (χ4v) is 2.93. The van der Waals surface area contributed by atoms with Crippen molar-refractivity contribution in [1.82, 2.24) is 4.90 Å². The van der Waals surface area contributed by atoms with Crippen molar-refractivity contribution < 1.29 is 19.1 Å². The van der Waals surface area contributed by atoms with Crippen LogP contribution in [-0.4, -0.2) is 49.7 Å². The number of hydrogen-bond donors (Lipinski definition) is 0. The molecule has 2 unspecified atom stereocenters. The van der Waals surface area contributed by atoms with Gasteiger partial charge < -0.3 is 14.4 Å². The first-order chi connectivity index (χ1) is 10.2. The Labute approximate surface area is 126 Å². The highest BCUT2D eigenvalue weighted by atomic mass is 16.5. The molecule has 1 aliphatic heterocycles. The van der Waals surface area contributed by atoms with Crippen LogP contribution in [0.1, 0.15) is 38.5 Å². The molecule has 5 heteroatoms. The van der Waals surface area contributed by atoms with E-state index in [0.717, 1.165) is 38.7 Å². The number of allylic oxidation sites excluding steroid dienone is 2. The molecule has 0 N–H and O–H groups in total. The first-order valence-electron chi connectivity index (χ1n) is 7.83. The molecule has 5 nitrogen and oxygen atoms in total. The molecule has 0 spiro atoms. The second-order valence-electron chi connectivity index (χ2n) is 5.73. The zero-order valence-electron chi connectivity index (χ0n) is 12.8. The molecule has 0 aromatic carbocycles. The van der Waals surface area contributed by atoms with Crippen molar-refractivity contribution >= 4 is 11.9 Å². The van der Waals surface area contributed by atoms with Crippen molar-refractivity contribution in [2.24, 2.45) is 5.92 Å². The minimum Gasteiger partial charge on any atom is -0.469 e. The highest BCUT2D eigenvalue weighted by Gasteiger charge is 2.28. The van der Waals surface area contributed by atoms with Crippen LogP contribution in [-0.2, 0) is 19.1 Å². The van der Waals surface area contributed by atoms with Crippen LogP contribution in [0.15, 0.2) is 12.2 Å². The molecule has 1 fully saturated rings. The van der Waals surface area contributed by atoms with Crippen LogP contribution < -0.4 is 0 Å². The van der Waals surface area contributed by atoms with Crippen molar-refractivity contribution in [3.63, 3.8) is 0 Å². The van der Waals surface area contributed by atoms with Crippen LogP contribution in [0.5, 0.6) is 0 Å². The van der Waals surface area contributed by atoms with E-state index < -0.39 is 0 Å².